The van der Waals surface area contributed by atoms with Crippen molar-refractivity contribution in [1.82, 2.24) is 0 Å². The number of Topliss-reactive ketones (excluding diaryl/α,β-unsaturated/α-hetero) is 1. The Balaban J connectivity index is 1.79. The SMILES string of the molecule is O=C(CCCC1CCCO1)c1ccccc1Br. The molecule has 1 aromatic rings. The largest absolute Gasteiger partial charge is 0.378 e. The molecule has 1 unspecified atom stereocenters. The topological polar surface area (TPSA) is 26.3 Å². The van der Waals surface area contributed by atoms with Crippen molar-refractivity contribution in [1.29, 1.82) is 0 Å². The maximum atomic E-state index is 12.0. The lowest BCUT2D eigenvalue weighted by Crippen LogP contribution is -2.06. The predicted molar refractivity (Wildman–Crippen MR) is 71.3 cm³/mol. The highest BCUT2D eigenvalue weighted by Crippen LogP contribution is 2.21. The lowest BCUT2D eigenvalue weighted by Gasteiger charge is -2.08. The molecule has 92 valence electrons. The van der Waals surface area contributed by atoms with Crippen molar-refractivity contribution in [3.63, 3.8) is 0 Å². The maximum absolute atomic E-state index is 12.0. The standard InChI is InChI=1S/C14H17BrO2/c15-13-8-2-1-7-12(13)14(16)9-3-5-11-6-4-10-17-11/h1-2,7-8,11H,3-6,9-10H2. The van der Waals surface area contributed by atoms with Gasteiger partial charge in [-0.15, -0.1) is 0 Å². The summed E-state index contributed by atoms with van der Waals surface area (Å²) in [5, 5.41) is 0. The molecule has 1 fully saturated rings. The normalized spacial score (nSPS) is 19.5. The molecule has 0 spiro atoms. The number of carbonyl (C=O) groups is 1. The first-order valence-corrected chi connectivity index (χ1v) is 6.96. The molecule has 0 saturated carbocycles. The van der Waals surface area contributed by atoms with Crippen molar-refractivity contribution >= 4 is 21.7 Å². The smallest absolute Gasteiger partial charge is 0.164 e. The summed E-state index contributed by atoms with van der Waals surface area (Å²) in [5.74, 6) is 0.218. The number of ether oxygens (including phenoxy) is 1. The number of benzene rings is 1. The van der Waals surface area contributed by atoms with Crippen LogP contribution in [0.5, 0.6) is 0 Å². The van der Waals surface area contributed by atoms with Crippen LogP contribution in [0.4, 0.5) is 0 Å². The third-order valence-electron chi connectivity index (χ3n) is 3.13. The summed E-state index contributed by atoms with van der Waals surface area (Å²) in [6, 6.07) is 7.61. The number of halogens is 1. The second-order valence-electron chi connectivity index (χ2n) is 4.43. The van der Waals surface area contributed by atoms with E-state index in [0.717, 1.165) is 35.9 Å². The fourth-order valence-corrected chi connectivity index (χ4v) is 2.69. The molecule has 0 aliphatic carbocycles. The summed E-state index contributed by atoms with van der Waals surface area (Å²) in [5.41, 5.74) is 0.792. The van der Waals surface area contributed by atoms with Crippen LogP contribution in [-0.2, 0) is 4.74 Å². The number of carbonyl (C=O) groups excluding carboxylic acids is 1. The van der Waals surface area contributed by atoms with Crippen LogP contribution in [0, 0.1) is 0 Å². The molecule has 0 bridgehead atoms. The van der Waals surface area contributed by atoms with E-state index in [4.69, 9.17) is 4.74 Å². The molecular weight excluding hydrogens is 280 g/mol. The lowest BCUT2D eigenvalue weighted by molar-refractivity contribution is 0.0922. The third kappa shape index (κ3) is 3.65. The average molecular weight is 297 g/mol. The van der Waals surface area contributed by atoms with Gasteiger partial charge in [0.15, 0.2) is 5.78 Å². The van der Waals surface area contributed by atoms with Gasteiger partial charge in [0, 0.05) is 23.1 Å². The van der Waals surface area contributed by atoms with Crippen LogP contribution in [0.25, 0.3) is 0 Å². The number of rotatable bonds is 5. The predicted octanol–water partition coefficient (Wildman–Crippen LogP) is 3.98. The quantitative estimate of drug-likeness (QED) is 0.768. The molecular formula is C14H17BrO2. The highest BCUT2D eigenvalue weighted by molar-refractivity contribution is 9.10. The van der Waals surface area contributed by atoms with Crippen LogP contribution >= 0.6 is 15.9 Å². The van der Waals surface area contributed by atoms with E-state index in [0.29, 0.717) is 12.5 Å². The van der Waals surface area contributed by atoms with Crippen LogP contribution in [0.3, 0.4) is 0 Å². The van der Waals surface area contributed by atoms with Gasteiger partial charge in [0.25, 0.3) is 0 Å². The van der Waals surface area contributed by atoms with E-state index in [1.807, 2.05) is 24.3 Å². The van der Waals surface area contributed by atoms with Gasteiger partial charge in [-0.1, -0.05) is 34.1 Å². The van der Waals surface area contributed by atoms with Gasteiger partial charge >= 0.3 is 0 Å². The van der Waals surface area contributed by atoms with Gasteiger partial charge < -0.3 is 4.74 Å². The minimum atomic E-state index is 0.218. The van der Waals surface area contributed by atoms with Crippen molar-refractivity contribution in [3.8, 4) is 0 Å². The Kier molecular flexibility index (Phi) is 4.75. The second kappa shape index (κ2) is 6.31. The van der Waals surface area contributed by atoms with Gasteiger partial charge in [-0.3, -0.25) is 4.79 Å². The molecule has 1 heterocycles. The summed E-state index contributed by atoms with van der Waals surface area (Å²) in [7, 11) is 0. The minimum Gasteiger partial charge on any atom is -0.378 e. The van der Waals surface area contributed by atoms with E-state index in [1.165, 1.54) is 6.42 Å². The van der Waals surface area contributed by atoms with Gasteiger partial charge in [0.1, 0.15) is 0 Å². The highest BCUT2D eigenvalue weighted by atomic mass is 79.9. The van der Waals surface area contributed by atoms with Gasteiger partial charge in [-0.05, 0) is 31.7 Å². The van der Waals surface area contributed by atoms with E-state index >= 15 is 0 Å². The Morgan fingerprint density at radius 1 is 1.41 bits per heavy atom. The zero-order valence-electron chi connectivity index (χ0n) is 9.82. The Hall–Kier alpha value is -0.670. The fourth-order valence-electron chi connectivity index (χ4n) is 2.18. The molecule has 3 heteroatoms. The molecule has 1 aromatic carbocycles. The van der Waals surface area contributed by atoms with E-state index in [-0.39, 0.29) is 5.78 Å². The first-order valence-electron chi connectivity index (χ1n) is 6.16. The van der Waals surface area contributed by atoms with Crippen molar-refractivity contribution in [2.75, 3.05) is 6.61 Å². The van der Waals surface area contributed by atoms with Crippen LogP contribution < -0.4 is 0 Å². The van der Waals surface area contributed by atoms with Gasteiger partial charge in [-0.25, -0.2) is 0 Å². The van der Waals surface area contributed by atoms with Crippen molar-refractivity contribution in [2.24, 2.45) is 0 Å². The zero-order chi connectivity index (χ0) is 12.1. The molecule has 1 aliphatic rings. The van der Waals surface area contributed by atoms with Crippen LogP contribution in [0.15, 0.2) is 28.7 Å². The maximum Gasteiger partial charge on any atom is 0.164 e. The average Bonchev–Trinajstić information content (AvgIpc) is 2.82. The Labute approximate surface area is 110 Å². The van der Waals surface area contributed by atoms with E-state index in [9.17, 15) is 4.79 Å². The fraction of sp³-hybridized carbons (Fsp3) is 0.500. The number of hydrogen-bond donors (Lipinski definition) is 0. The molecule has 0 N–H and O–H groups in total. The van der Waals surface area contributed by atoms with Crippen LogP contribution in [0.1, 0.15) is 42.5 Å². The monoisotopic (exact) mass is 296 g/mol. The van der Waals surface area contributed by atoms with Crippen molar-refractivity contribution in [2.45, 2.75) is 38.2 Å². The summed E-state index contributed by atoms with van der Waals surface area (Å²) >= 11 is 3.41. The van der Waals surface area contributed by atoms with E-state index in [2.05, 4.69) is 15.9 Å². The van der Waals surface area contributed by atoms with Crippen LogP contribution in [0.2, 0.25) is 0 Å². The molecule has 2 nitrogen and oxygen atoms in total. The van der Waals surface area contributed by atoms with E-state index < -0.39 is 0 Å². The summed E-state index contributed by atoms with van der Waals surface area (Å²) in [4.78, 5) is 12.0. The number of ketones is 1. The Morgan fingerprint density at radius 2 is 2.24 bits per heavy atom. The molecule has 1 saturated heterocycles. The third-order valence-corrected chi connectivity index (χ3v) is 3.82. The molecule has 2 rings (SSSR count). The molecule has 1 atom stereocenters. The Bertz CT molecular complexity index is 384. The van der Waals surface area contributed by atoms with E-state index in [1.54, 1.807) is 0 Å². The molecule has 0 aromatic heterocycles. The zero-order valence-corrected chi connectivity index (χ0v) is 11.4. The first kappa shape index (κ1) is 12.8. The van der Waals surface area contributed by atoms with Crippen LogP contribution in [-0.4, -0.2) is 18.5 Å². The summed E-state index contributed by atoms with van der Waals surface area (Å²) in [6.07, 6.45) is 5.26. The molecule has 0 radical (unpaired) electrons. The molecule has 1 aliphatic heterocycles. The summed E-state index contributed by atoms with van der Waals surface area (Å²) in [6.45, 7) is 0.892. The van der Waals surface area contributed by atoms with Gasteiger partial charge in [0.2, 0.25) is 0 Å². The highest BCUT2D eigenvalue weighted by Gasteiger charge is 2.16. The van der Waals surface area contributed by atoms with Crippen molar-refractivity contribution in [3.05, 3.63) is 34.3 Å². The van der Waals surface area contributed by atoms with Gasteiger partial charge in [-0.2, -0.15) is 0 Å². The minimum absolute atomic E-state index is 0.218. The first-order chi connectivity index (χ1) is 8.27. The summed E-state index contributed by atoms with van der Waals surface area (Å²) < 4.78 is 6.43. The molecule has 0 amide bonds. The lowest BCUT2D eigenvalue weighted by atomic mass is 10.0. The second-order valence-corrected chi connectivity index (χ2v) is 5.28. The Morgan fingerprint density at radius 3 is 2.94 bits per heavy atom. The number of hydrogen-bond acceptors (Lipinski definition) is 2. The van der Waals surface area contributed by atoms with Gasteiger partial charge in [0.05, 0.1) is 6.10 Å². The van der Waals surface area contributed by atoms with Crippen molar-refractivity contribution < 1.29 is 9.53 Å². The molecule has 17 heavy (non-hydrogen) atoms.